The molecule has 0 radical (unpaired) electrons. The second kappa shape index (κ2) is 7.06. The van der Waals surface area contributed by atoms with Gasteiger partial charge in [0, 0.05) is 29.9 Å². The Balaban J connectivity index is 1.73. The summed E-state index contributed by atoms with van der Waals surface area (Å²) in [5.74, 6) is -0.517. The van der Waals surface area contributed by atoms with Gasteiger partial charge in [-0.1, -0.05) is 12.1 Å². The van der Waals surface area contributed by atoms with Crippen LogP contribution in [0.1, 0.15) is 15.9 Å². The Kier molecular flexibility index (Phi) is 4.81. The number of alkyl halides is 3. The predicted molar refractivity (Wildman–Crippen MR) is 94.3 cm³/mol. The van der Waals surface area contributed by atoms with Gasteiger partial charge in [-0.05, 0) is 42.5 Å². The molecule has 1 heterocycles. The van der Waals surface area contributed by atoms with Crippen LogP contribution < -0.4 is 10.9 Å². The fraction of sp³-hybridized carbons (Fsp3) is 0.105. The van der Waals surface area contributed by atoms with Gasteiger partial charge in [0.2, 0.25) is 0 Å². The molecule has 0 unspecified atom stereocenters. The van der Waals surface area contributed by atoms with Crippen LogP contribution in [0.15, 0.2) is 65.5 Å². The first-order valence-corrected chi connectivity index (χ1v) is 7.87. The lowest BCUT2D eigenvalue weighted by Gasteiger charge is -2.09. The van der Waals surface area contributed by atoms with Gasteiger partial charge in [0.15, 0.2) is 0 Å². The van der Waals surface area contributed by atoms with Gasteiger partial charge in [-0.2, -0.15) is 18.3 Å². The van der Waals surface area contributed by atoms with E-state index in [4.69, 9.17) is 0 Å². The zero-order valence-corrected chi connectivity index (χ0v) is 14.1. The third-order valence-corrected chi connectivity index (χ3v) is 3.87. The molecular weight excluding hydrogens is 359 g/mol. The number of benzene rings is 2. The van der Waals surface area contributed by atoms with Crippen LogP contribution in [0, 0.1) is 0 Å². The van der Waals surface area contributed by atoms with Gasteiger partial charge in [-0.3, -0.25) is 9.59 Å². The van der Waals surface area contributed by atoms with Gasteiger partial charge in [-0.25, -0.2) is 4.68 Å². The summed E-state index contributed by atoms with van der Waals surface area (Å²) in [7, 11) is 1.55. The lowest BCUT2D eigenvalue weighted by Crippen LogP contribution is -2.18. The molecule has 1 N–H and O–H groups in total. The van der Waals surface area contributed by atoms with Crippen molar-refractivity contribution >= 4 is 11.6 Å². The first-order chi connectivity index (χ1) is 12.7. The largest absolute Gasteiger partial charge is 0.416 e. The van der Waals surface area contributed by atoms with Crippen molar-refractivity contribution in [2.75, 3.05) is 5.32 Å². The summed E-state index contributed by atoms with van der Waals surface area (Å²) >= 11 is 0. The summed E-state index contributed by atoms with van der Waals surface area (Å²) in [4.78, 5) is 23.5. The first kappa shape index (κ1) is 18.4. The van der Waals surface area contributed by atoms with Crippen LogP contribution >= 0.6 is 0 Å². The number of carbonyl (C=O) groups is 1. The van der Waals surface area contributed by atoms with E-state index in [1.165, 1.54) is 10.7 Å². The van der Waals surface area contributed by atoms with E-state index in [0.29, 0.717) is 11.4 Å². The standard InChI is InChI=1S/C19H14F3N3O2/c1-25-17(26)11-10-16(24-25)12-4-8-15(9-5-12)23-18(27)13-2-6-14(7-3-13)19(20,21)22/h2-11H,1H3,(H,23,27). The fourth-order valence-electron chi connectivity index (χ4n) is 2.39. The molecule has 1 amide bonds. The molecule has 0 fully saturated rings. The Hall–Kier alpha value is -3.42. The Labute approximate surface area is 152 Å². The van der Waals surface area contributed by atoms with Gasteiger partial charge >= 0.3 is 6.18 Å². The van der Waals surface area contributed by atoms with E-state index in [9.17, 15) is 22.8 Å². The average Bonchev–Trinajstić information content (AvgIpc) is 2.64. The normalized spacial score (nSPS) is 11.3. The zero-order chi connectivity index (χ0) is 19.6. The summed E-state index contributed by atoms with van der Waals surface area (Å²) < 4.78 is 38.9. The van der Waals surface area contributed by atoms with Crippen molar-refractivity contribution in [3.05, 3.63) is 82.1 Å². The lowest BCUT2D eigenvalue weighted by atomic mass is 10.1. The van der Waals surface area contributed by atoms with E-state index in [-0.39, 0.29) is 11.1 Å². The van der Waals surface area contributed by atoms with Crippen LogP contribution in [-0.4, -0.2) is 15.7 Å². The van der Waals surface area contributed by atoms with Crippen LogP contribution in [0.2, 0.25) is 0 Å². The number of aryl methyl sites for hydroxylation is 1. The Bertz CT molecular complexity index is 1020. The third-order valence-electron chi connectivity index (χ3n) is 3.87. The SMILES string of the molecule is Cn1nc(-c2ccc(NC(=O)c3ccc(C(F)(F)F)cc3)cc2)ccc1=O. The maximum Gasteiger partial charge on any atom is 0.416 e. The number of anilines is 1. The molecule has 0 aliphatic carbocycles. The van der Waals surface area contributed by atoms with Crippen molar-refractivity contribution in [2.45, 2.75) is 6.18 Å². The number of nitrogens with zero attached hydrogens (tertiary/aromatic N) is 2. The number of nitrogens with one attached hydrogen (secondary N) is 1. The third kappa shape index (κ3) is 4.22. The molecule has 0 saturated heterocycles. The van der Waals surface area contributed by atoms with E-state index in [0.717, 1.165) is 29.8 Å². The quantitative estimate of drug-likeness (QED) is 0.761. The summed E-state index contributed by atoms with van der Waals surface area (Å²) in [5.41, 5.74) is 0.906. The summed E-state index contributed by atoms with van der Waals surface area (Å²) in [5, 5.41) is 6.75. The smallest absolute Gasteiger partial charge is 0.322 e. The molecule has 0 spiro atoms. The van der Waals surface area contributed by atoms with Crippen molar-refractivity contribution in [3.63, 3.8) is 0 Å². The van der Waals surface area contributed by atoms with Gasteiger partial charge < -0.3 is 5.32 Å². The minimum absolute atomic E-state index is 0.117. The topological polar surface area (TPSA) is 64.0 Å². The lowest BCUT2D eigenvalue weighted by molar-refractivity contribution is -0.137. The van der Waals surface area contributed by atoms with Gasteiger partial charge in [0.05, 0.1) is 11.3 Å². The molecule has 0 atom stereocenters. The molecule has 0 aliphatic heterocycles. The van der Waals surface area contributed by atoms with Crippen LogP contribution in [-0.2, 0) is 13.2 Å². The van der Waals surface area contributed by atoms with Crippen LogP contribution in [0.5, 0.6) is 0 Å². The Morgan fingerprint density at radius 1 is 0.963 bits per heavy atom. The number of halogens is 3. The highest BCUT2D eigenvalue weighted by Gasteiger charge is 2.30. The molecule has 2 aromatic carbocycles. The number of hydrogen-bond donors (Lipinski definition) is 1. The number of amides is 1. The van der Waals surface area contributed by atoms with E-state index >= 15 is 0 Å². The zero-order valence-electron chi connectivity index (χ0n) is 14.1. The van der Waals surface area contributed by atoms with Crippen molar-refractivity contribution < 1.29 is 18.0 Å². The van der Waals surface area contributed by atoms with Gasteiger partial charge in [0.25, 0.3) is 11.5 Å². The second-order valence-corrected chi connectivity index (χ2v) is 5.79. The summed E-state index contributed by atoms with van der Waals surface area (Å²) in [6.07, 6.45) is -4.44. The number of carbonyl (C=O) groups excluding carboxylic acids is 1. The van der Waals surface area contributed by atoms with Crippen molar-refractivity contribution in [3.8, 4) is 11.3 Å². The first-order valence-electron chi connectivity index (χ1n) is 7.87. The van der Waals surface area contributed by atoms with E-state index < -0.39 is 17.6 Å². The minimum Gasteiger partial charge on any atom is -0.322 e. The van der Waals surface area contributed by atoms with Gasteiger partial charge in [0.1, 0.15) is 0 Å². The highest BCUT2D eigenvalue weighted by molar-refractivity contribution is 6.04. The molecule has 3 aromatic rings. The van der Waals surface area contributed by atoms with Crippen molar-refractivity contribution in [1.29, 1.82) is 0 Å². The molecule has 0 bridgehead atoms. The summed E-state index contributed by atoms with van der Waals surface area (Å²) in [6, 6.07) is 13.7. The molecule has 0 saturated carbocycles. The maximum absolute atomic E-state index is 12.6. The van der Waals surface area contributed by atoms with Crippen LogP contribution in [0.25, 0.3) is 11.3 Å². The van der Waals surface area contributed by atoms with Gasteiger partial charge in [-0.15, -0.1) is 0 Å². The monoisotopic (exact) mass is 373 g/mol. The molecule has 27 heavy (non-hydrogen) atoms. The summed E-state index contributed by atoms with van der Waals surface area (Å²) in [6.45, 7) is 0. The number of aromatic nitrogens is 2. The maximum atomic E-state index is 12.6. The van der Waals surface area contributed by atoms with Crippen molar-refractivity contribution in [2.24, 2.45) is 7.05 Å². The van der Waals surface area contributed by atoms with E-state index in [2.05, 4.69) is 10.4 Å². The highest BCUT2D eigenvalue weighted by atomic mass is 19.4. The number of hydrogen-bond acceptors (Lipinski definition) is 3. The van der Waals surface area contributed by atoms with E-state index in [1.54, 1.807) is 37.4 Å². The molecular formula is C19H14F3N3O2. The number of rotatable bonds is 3. The fourth-order valence-corrected chi connectivity index (χ4v) is 2.39. The predicted octanol–water partition coefficient (Wildman–Crippen LogP) is 3.72. The Morgan fingerprint density at radius 3 is 2.15 bits per heavy atom. The molecule has 138 valence electrons. The van der Waals surface area contributed by atoms with Crippen LogP contribution in [0.3, 0.4) is 0 Å². The molecule has 3 rings (SSSR count). The second-order valence-electron chi connectivity index (χ2n) is 5.79. The van der Waals surface area contributed by atoms with Crippen molar-refractivity contribution in [1.82, 2.24) is 9.78 Å². The molecule has 1 aromatic heterocycles. The molecule has 0 aliphatic rings. The highest BCUT2D eigenvalue weighted by Crippen LogP contribution is 2.29. The minimum atomic E-state index is -4.44. The van der Waals surface area contributed by atoms with E-state index in [1.807, 2.05) is 0 Å². The van der Waals surface area contributed by atoms with Crippen LogP contribution in [0.4, 0.5) is 18.9 Å². The Morgan fingerprint density at radius 2 is 1.59 bits per heavy atom. The molecule has 8 heteroatoms. The molecule has 5 nitrogen and oxygen atoms in total. The average molecular weight is 373 g/mol.